The fraction of sp³-hybridized carbons (Fsp3) is 0.714. The van der Waals surface area contributed by atoms with Crippen LogP contribution in [0.2, 0.25) is 0 Å². The molecule has 0 aromatic carbocycles. The minimum Gasteiger partial charge on any atom is -0.370 e. The molecule has 1 rings (SSSR count). The molecular weight excluding hydrogens is 288 g/mol. The molecule has 0 unspecified atom stereocenters. The Balaban J connectivity index is 2.99. The zero-order valence-electron chi connectivity index (χ0n) is 12.4. The third-order valence-corrected chi connectivity index (χ3v) is 3.65. The van der Waals surface area contributed by atoms with Crippen LogP contribution in [0, 0.1) is 0 Å². The Morgan fingerprint density at radius 3 is 2.05 bits per heavy atom. The van der Waals surface area contributed by atoms with Crippen LogP contribution in [0.5, 0.6) is 0 Å². The minimum absolute atomic E-state index is 0.0117. The number of aliphatic imine (C=N–C) groups is 2. The average molecular weight is 308 g/mol. The highest BCUT2D eigenvalue weighted by Crippen LogP contribution is 2.25. The van der Waals surface area contributed by atoms with E-state index in [2.05, 4.69) is 9.98 Å². The van der Waals surface area contributed by atoms with Gasteiger partial charge in [0.1, 0.15) is 0 Å². The van der Waals surface area contributed by atoms with Gasteiger partial charge in [-0.05, 0) is 19.3 Å². The summed E-state index contributed by atoms with van der Waals surface area (Å²) in [5.74, 6) is -1.06. The molecule has 1 aliphatic rings. The number of amides is 2. The number of isocyanates is 2. The topological polar surface area (TPSA) is 122 Å². The van der Waals surface area contributed by atoms with E-state index < -0.39 is 17.5 Å². The maximum absolute atomic E-state index is 12.7. The van der Waals surface area contributed by atoms with Crippen molar-refractivity contribution >= 4 is 24.0 Å². The minimum atomic E-state index is -1.87. The van der Waals surface area contributed by atoms with Crippen LogP contribution in [0.25, 0.3) is 0 Å². The summed E-state index contributed by atoms with van der Waals surface area (Å²) >= 11 is 0. The maximum atomic E-state index is 12.7. The Kier molecular flexibility index (Phi) is 7.16. The molecule has 0 aromatic rings. The molecule has 0 aromatic heterocycles. The smallest absolute Gasteiger partial charge is 0.274 e. The van der Waals surface area contributed by atoms with Gasteiger partial charge in [-0.25, -0.2) is 9.59 Å². The molecule has 1 aliphatic heterocycles. The highest BCUT2D eigenvalue weighted by molar-refractivity contribution is 5.88. The van der Waals surface area contributed by atoms with Gasteiger partial charge in [-0.2, -0.15) is 9.98 Å². The molecule has 0 radical (unpaired) electrons. The number of nitrogens with two attached hydrogens (primary N) is 1. The van der Waals surface area contributed by atoms with Gasteiger partial charge >= 0.3 is 0 Å². The predicted molar refractivity (Wildman–Crippen MR) is 77.1 cm³/mol. The van der Waals surface area contributed by atoms with Gasteiger partial charge in [0, 0.05) is 25.9 Å². The molecule has 0 spiro atoms. The van der Waals surface area contributed by atoms with Crippen LogP contribution < -0.4 is 5.73 Å². The van der Waals surface area contributed by atoms with Crippen molar-refractivity contribution in [3.8, 4) is 0 Å². The molecule has 2 N–H and O–H groups in total. The number of primary amides is 1. The molecule has 0 bridgehead atoms. The molecular formula is C14H20N4O4. The van der Waals surface area contributed by atoms with Gasteiger partial charge in [0.15, 0.2) is 0 Å². The van der Waals surface area contributed by atoms with Crippen LogP contribution >= 0.6 is 0 Å². The second-order valence-corrected chi connectivity index (χ2v) is 5.25. The van der Waals surface area contributed by atoms with E-state index in [1.54, 1.807) is 4.90 Å². The summed E-state index contributed by atoms with van der Waals surface area (Å²) in [6.07, 6.45) is 6.48. The molecule has 8 heteroatoms. The van der Waals surface area contributed by atoms with Gasteiger partial charge in [0.2, 0.25) is 18.1 Å². The summed E-state index contributed by atoms with van der Waals surface area (Å²) in [5.41, 5.74) is 3.19. The number of likely N-dealkylation sites (tertiary alicyclic amines) is 1. The first-order valence-electron chi connectivity index (χ1n) is 7.31. The number of carbonyl (C=O) groups is 2. The van der Waals surface area contributed by atoms with Gasteiger partial charge in [0.25, 0.3) is 11.6 Å². The molecule has 1 saturated heterocycles. The molecule has 0 aliphatic carbocycles. The first-order chi connectivity index (χ1) is 10.6. The quantitative estimate of drug-likeness (QED) is 0.540. The number of hydrogen-bond acceptors (Lipinski definition) is 6. The summed E-state index contributed by atoms with van der Waals surface area (Å²) < 4.78 is 0. The second-order valence-electron chi connectivity index (χ2n) is 5.25. The van der Waals surface area contributed by atoms with Gasteiger partial charge in [-0.3, -0.25) is 9.59 Å². The summed E-state index contributed by atoms with van der Waals surface area (Å²) in [7, 11) is 0. The Morgan fingerprint density at radius 1 is 1.05 bits per heavy atom. The number of hydrogen-bond donors (Lipinski definition) is 1. The molecule has 0 saturated carbocycles. The van der Waals surface area contributed by atoms with Gasteiger partial charge in [-0.15, -0.1) is 0 Å². The lowest BCUT2D eigenvalue weighted by Crippen LogP contribution is -2.47. The van der Waals surface area contributed by atoms with Crippen LogP contribution in [0.4, 0.5) is 0 Å². The Bertz CT molecular complexity index is 481. The Labute approximate surface area is 128 Å². The lowest BCUT2D eigenvalue weighted by Gasteiger charge is -2.29. The van der Waals surface area contributed by atoms with Crippen molar-refractivity contribution in [2.45, 2.75) is 50.6 Å². The highest BCUT2D eigenvalue weighted by Gasteiger charge is 2.41. The van der Waals surface area contributed by atoms with Crippen molar-refractivity contribution < 1.29 is 19.2 Å². The van der Waals surface area contributed by atoms with Gasteiger partial charge in [0.05, 0.1) is 0 Å². The highest BCUT2D eigenvalue weighted by atomic mass is 16.2. The predicted octanol–water partition coefficient (Wildman–Crippen LogP) is 0.412. The Hall–Kier alpha value is -2.30. The molecule has 2 amide bonds. The van der Waals surface area contributed by atoms with Crippen molar-refractivity contribution in [3.63, 3.8) is 0 Å². The number of carbonyl (C=O) groups excluding carboxylic acids is 4. The van der Waals surface area contributed by atoms with E-state index in [4.69, 9.17) is 5.73 Å². The fourth-order valence-electron chi connectivity index (χ4n) is 2.53. The largest absolute Gasteiger partial charge is 0.370 e. The normalized spacial score (nSPS) is 17.4. The van der Waals surface area contributed by atoms with Gasteiger partial charge in [-0.1, -0.05) is 12.8 Å². The lowest BCUT2D eigenvalue weighted by atomic mass is 10.0. The van der Waals surface area contributed by atoms with Crippen molar-refractivity contribution in [2.24, 2.45) is 15.7 Å². The molecule has 22 heavy (non-hydrogen) atoms. The molecule has 1 fully saturated rings. The average Bonchev–Trinajstić information content (AvgIpc) is 2.75. The third kappa shape index (κ3) is 4.91. The number of nitrogens with zero attached hydrogens (tertiary/aromatic N) is 3. The number of rotatable bonds is 7. The standard InChI is InChI=1S/C14H20N4O4/c15-12(21)6-5-7-14(16-10-19,17-11-20)13(22)18-8-3-1-2-4-9-18/h1-9H2,(H2,15,21). The fourth-order valence-corrected chi connectivity index (χ4v) is 2.53. The van der Waals surface area contributed by atoms with E-state index in [-0.39, 0.29) is 19.3 Å². The van der Waals surface area contributed by atoms with Crippen molar-refractivity contribution in [1.29, 1.82) is 0 Å². The van der Waals surface area contributed by atoms with Crippen LogP contribution in [0.1, 0.15) is 44.9 Å². The van der Waals surface area contributed by atoms with E-state index in [1.807, 2.05) is 0 Å². The third-order valence-electron chi connectivity index (χ3n) is 3.65. The van der Waals surface area contributed by atoms with E-state index in [1.165, 1.54) is 12.2 Å². The van der Waals surface area contributed by atoms with E-state index in [9.17, 15) is 19.2 Å². The monoisotopic (exact) mass is 308 g/mol. The zero-order chi connectivity index (χ0) is 16.4. The summed E-state index contributed by atoms with van der Waals surface area (Å²) in [6.45, 7) is 1.05. The molecule has 8 nitrogen and oxygen atoms in total. The van der Waals surface area contributed by atoms with E-state index >= 15 is 0 Å². The SMILES string of the molecule is NC(=O)CCCC(N=C=O)(N=C=O)C(=O)N1CCCCCC1. The first kappa shape index (κ1) is 17.8. The van der Waals surface area contributed by atoms with Crippen LogP contribution in [0.15, 0.2) is 9.98 Å². The summed E-state index contributed by atoms with van der Waals surface area (Å²) in [5, 5.41) is 0. The maximum Gasteiger partial charge on any atom is 0.274 e. The molecule has 0 atom stereocenters. The summed E-state index contributed by atoms with van der Waals surface area (Å²) in [6, 6.07) is 0. The van der Waals surface area contributed by atoms with Crippen molar-refractivity contribution in [3.05, 3.63) is 0 Å². The van der Waals surface area contributed by atoms with Crippen molar-refractivity contribution in [1.82, 2.24) is 4.90 Å². The molecule has 120 valence electrons. The zero-order valence-corrected chi connectivity index (χ0v) is 12.4. The molecule has 1 heterocycles. The van der Waals surface area contributed by atoms with E-state index in [0.717, 1.165) is 25.7 Å². The summed E-state index contributed by atoms with van der Waals surface area (Å²) in [4.78, 5) is 53.4. The second kappa shape index (κ2) is 8.87. The van der Waals surface area contributed by atoms with Crippen LogP contribution in [0.3, 0.4) is 0 Å². The van der Waals surface area contributed by atoms with E-state index in [0.29, 0.717) is 13.1 Å². The van der Waals surface area contributed by atoms with Gasteiger partial charge < -0.3 is 10.6 Å². The Morgan fingerprint density at radius 2 is 1.59 bits per heavy atom. The van der Waals surface area contributed by atoms with Crippen LogP contribution in [-0.4, -0.2) is 47.6 Å². The van der Waals surface area contributed by atoms with Crippen molar-refractivity contribution in [2.75, 3.05) is 13.1 Å². The lowest BCUT2D eigenvalue weighted by molar-refractivity contribution is -0.137. The first-order valence-corrected chi connectivity index (χ1v) is 7.31. The van der Waals surface area contributed by atoms with Crippen LogP contribution in [-0.2, 0) is 19.2 Å².